The van der Waals surface area contributed by atoms with Crippen LogP contribution in [0, 0.1) is 5.92 Å². The molecule has 2 amide bonds. The molecule has 1 aromatic rings. The molecule has 3 saturated heterocycles. The van der Waals surface area contributed by atoms with E-state index in [-0.39, 0.29) is 17.9 Å². The van der Waals surface area contributed by atoms with Crippen LogP contribution in [0.4, 0.5) is 0 Å². The Morgan fingerprint density at radius 3 is 2.35 bits per heavy atom. The number of hydrogen-bond donors (Lipinski definition) is 0. The number of carbonyl (C=O) groups is 2. The Labute approximate surface area is 156 Å². The van der Waals surface area contributed by atoms with Gasteiger partial charge in [0.1, 0.15) is 6.04 Å². The molecule has 3 aliphatic heterocycles. The molecule has 1 aliphatic carbocycles. The molecule has 26 heavy (non-hydrogen) atoms. The monoisotopic (exact) mass is 354 g/mol. The fourth-order valence-corrected chi connectivity index (χ4v) is 5.17. The summed E-state index contributed by atoms with van der Waals surface area (Å²) in [4.78, 5) is 30.2. The molecule has 0 aromatic heterocycles. The first-order valence-electron chi connectivity index (χ1n) is 10.4. The van der Waals surface area contributed by atoms with Crippen LogP contribution in [0.5, 0.6) is 0 Å². The lowest BCUT2D eigenvalue weighted by molar-refractivity contribution is -0.158. The predicted octanol–water partition coefficient (Wildman–Crippen LogP) is 3.40. The topological polar surface area (TPSA) is 40.6 Å². The van der Waals surface area contributed by atoms with E-state index >= 15 is 0 Å². The Balaban J connectivity index is 1.41. The summed E-state index contributed by atoms with van der Waals surface area (Å²) in [5.41, 5.74) is 1.28. The van der Waals surface area contributed by atoms with Crippen molar-refractivity contribution in [3.05, 3.63) is 35.9 Å². The zero-order valence-electron chi connectivity index (χ0n) is 15.6. The molecule has 4 nitrogen and oxygen atoms in total. The number of fused-ring (bicyclic) bond motifs is 3. The van der Waals surface area contributed by atoms with E-state index in [9.17, 15) is 9.59 Å². The summed E-state index contributed by atoms with van der Waals surface area (Å²) in [5, 5.41) is 0. The van der Waals surface area contributed by atoms with Gasteiger partial charge in [0, 0.05) is 25.6 Å². The third-order valence-corrected chi connectivity index (χ3v) is 6.54. The maximum absolute atomic E-state index is 13.1. The first-order valence-corrected chi connectivity index (χ1v) is 10.4. The van der Waals surface area contributed by atoms with E-state index in [1.54, 1.807) is 0 Å². The number of carbonyl (C=O) groups excluding carboxylic acids is 2. The van der Waals surface area contributed by atoms with E-state index in [4.69, 9.17) is 0 Å². The summed E-state index contributed by atoms with van der Waals surface area (Å²) in [6, 6.07) is 10.5. The van der Waals surface area contributed by atoms with Gasteiger partial charge in [-0.15, -0.1) is 0 Å². The lowest BCUT2D eigenvalue weighted by atomic mass is 9.74. The summed E-state index contributed by atoms with van der Waals surface area (Å²) in [7, 11) is 0. The molecule has 140 valence electrons. The van der Waals surface area contributed by atoms with E-state index in [0.717, 1.165) is 64.5 Å². The number of amides is 2. The second-order valence-corrected chi connectivity index (χ2v) is 8.19. The van der Waals surface area contributed by atoms with Gasteiger partial charge in [0.2, 0.25) is 11.8 Å². The molecule has 1 saturated carbocycles. The van der Waals surface area contributed by atoms with Gasteiger partial charge in [0.25, 0.3) is 0 Å². The van der Waals surface area contributed by atoms with Crippen molar-refractivity contribution in [1.29, 1.82) is 0 Å². The quantitative estimate of drug-likeness (QED) is 0.813. The zero-order valence-corrected chi connectivity index (χ0v) is 15.6. The molecule has 5 rings (SSSR count). The lowest BCUT2D eigenvalue weighted by Crippen LogP contribution is -2.62. The Morgan fingerprint density at radius 1 is 0.962 bits per heavy atom. The van der Waals surface area contributed by atoms with Crippen LogP contribution in [-0.4, -0.2) is 46.8 Å². The maximum atomic E-state index is 13.1. The highest BCUT2D eigenvalue weighted by atomic mass is 16.2. The number of piperidine rings is 2. The van der Waals surface area contributed by atoms with Gasteiger partial charge >= 0.3 is 0 Å². The summed E-state index contributed by atoms with van der Waals surface area (Å²) < 4.78 is 0. The summed E-state index contributed by atoms with van der Waals surface area (Å²) in [6.45, 7) is 1.76. The number of nitrogens with zero attached hydrogens (tertiary/aromatic N) is 2. The summed E-state index contributed by atoms with van der Waals surface area (Å²) >= 11 is 0. The molecule has 4 fully saturated rings. The van der Waals surface area contributed by atoms with Crippen molar-refractivity contribution in [2.45, 2.75) is 69.9 Å². The van der Waals surface area contributed by atoms with E-state index in [1.807, 2.05) is 28.0 Å². The van der Waals surface area contributed by atoms with Gasteiger partial charge in [0.05, 0.1) is 0 Å². The molecule has 0 unspecified atom stereocenters. The number of hydrogen-bond acceptors (Lipinski definition) is 2. The number of rotatable bonds is 5. The Bertz CT molecular complexity index is 631. The zero-order chi connectivity index (χ0) is 17.9. The average molecular weight is 354 g/mol. The van der Waals surface area contributed by atoms with Crippen LogP contribution in [0.15, 0.2) is 30.3 Å². The van der Waals surface area contributed by atoms with Gasteiger partial charge < -0.3 is 9.80 Å². The van der Waals surface area contributed by atoms with E-state index in [0.29, 0.717) is 18.4 Å². The molecule has 0 radical (unpaired) electrons. The first kappa shape index (κ1) is 17.6. The van der Waals surface area contributed by atoms with Gasteiger partial charge in [-0.25, -0.2) is 0 Å². The van der Waals surface area contributed by atoms with Crippen molar-refractivity contribution in [1.82, 2.24) is 9.80 Å². The van der Waals surface area contributed by atoms with Crippen molar-refractivity contribution in [2.24, 2.45) is 5.92 Å². The fourth-order valence-electron chi connectivity index (χ4n) is 5.17. The van der Waals surface area contributed by atoms with E-state index in [2.05, 4.69) is 12.1 Å². The third-order valence-electron chi connectivity index (χ3n) is 6.54. The van der Waals surface area contributed by atoms with Crippen LogP contribution in [0.25, 0.3) is 0 Å². The molecule has 1 aromatic carbocycles. The van der Waals surface area contributed by atoms with Crippen LogP contribution >= 0.6 is 0 Å². The fraction of sp³-hybridized carbons (Fsp3) is 0.636. The largest absolute Gasteiger partial charge is 0.341 e. The van der Waals surface area contributed by atoms with Crippen molar-refractivity contribution >= 4 is 11.8 Å². The van der Waals surface area contributed by atoms with Crippen LogP contribution < -0.4 is 0 Å². The maximum Gasteiger partial charge on any atom is 0.245 e. The SMILES string of the molecule is O=C([C@H]1C2CCC(CC2)N1C(=O)CCCc1ccccc1)N1CCCC1. The second kappa shape index (κ2) is 7.81. The van der Waals surface area contributed by atoms with Gasteiger partial charge in [-0.2, -0.15) is 0 Å². The number of aryl methyl sites for hydroxylation is 1. The molecule has 2 bridgehead atoms. The van der Waals surface area contributed by atoms with E-state index in [1.165, 1.54) is 5.56 Å². The number of benzene rings is 1. The Morgan fingerprint density at radius 2 is 1.65 bits per heavy atom. The highest BCUT2D eigenvalue weighted by Gasteiger charge is 2.48. The molecule has 0 spiro atoms. The smallest absolute Gasteiger partial charge is 0.245 e. The van der Waals surface area contributed by atoms with Gasteiger partial charge in [-0.05, 0) is 62.8 Å². The molecular weight excluding hydrogens is 324 g/mol. The van der Waals surface area contributed by atoms with Crippen LogP contribution in [0.1, 0.15) is 56.9 Å². The van der Waals surface area contributed by atoms with Crippen molar-refractivity contribution in [3.63, 3.8) is 0 Å². The molecule has 4 heteroatoms. The predicted molar refractivity (Wildman–Crippen MR) is 102 cm³/mol. The lowest BCUT2D eigenvalue weighted by Gasteiger charge is -2.51. The Hall–Kier alpha value is -1.84. The molecule has 3 heterocycles. The number of likely N-dealkylation sites (tertiary alicyclic amines) is 1. The van der Waals surface area contributed by atoms with Crippen molar-refractivity contribution in [3.8, 4) is 0 Å². The highest BCUT2D eigenvalue weighted by molar-refractivity contribution is 5.89. The molecule has 1 atom stereocenters. The van der Waals surface area contributed by atoms with Gasteiger partial charge in [0.15, 0.2) is 0 Å². The van der Waals surface area contributed by atoms with Crippen LogP contribution in [0.2, 0.25) is 0 Å². The third kappa shape index (κ3) is 3.51. The average Bonchev–Trinajstić information content (AvgIpc) is 3.23. The first-order chi connectivity index (χ1) is 12.7. The van der Waals surface area contributed by atoms with Gasteiger partial charge in [-0.1, -0.05) is 30.3 Å². The Kier molecular flexibility index (Phi) is 5.28. The summed E-state index contributed by atoms with van der Waals surface area (Å²) in [6.07, 6.45) is 8.96. The van der Waals surface area contributed by atoms with Gasteiger partial charge in [-0.3, -0.25) is 9.59 Å². The van der Waals surface area contributed by atoms with Crippen molar-refractivity contribution in [2.75, 3.05) is 13.1 Å². The molecule has 0 N–H and O–H groups in total. The van der Waals surface area contributed by atoms with Crippen LogP contribution in [-0.2, 0) is 16.0 Å². The normalized spacial score (nSPS) is 27.8. The minimum absolute atomic E-state index is 0.176. The molecule has 4 aliphatic rings. The minimum Gasteiger partial charge on any atom is -0.341 e. The van der Waals surface area contributed by atoms with Crippen molar-refractivity contribution < 1.29 is 9.59 Å². The summed E-state index contributed by atoms with van der Waals surface area (Å²) in [5.74, 6) is 0.812. The highest BCUT2D eigenvalue weighted by Crippen LogP contribution is 2.41. The van der Waals surface area contributed by atoms with E-state index < -0.39 is 0 Å². The molecular formula is C22H30N2O2. The standard InChI is InChI=1S/C22H30N2O2/c25-20(10-6-9-17-7-2-1-3-8-17)24-19-13-11-18(12-14-19)21(24)22(26)23-15-4-5-16-23/h1-3,7-8,18-19,21H,4-6,9-16H2/t18?,19?,21-/m1/s1. The minimum atomic E-state index is -0.176. The van der Waals surface area contributed by atoms with Crippen LogP contribution in [0.3, 0.4) is 0 Å². The second-order valence-electron chi connectivity index (χ2n) is 8.19.